The molecule has 0 aliphatic rings. The first kappa shape index (κ1) is 12.8. The average molecular weight is 253 g/mol. The number of esters is 1. The molecule has 0 atom stereocenters. The molecule has 4 heteroatoms. The lowest BCUT2D eigenvalue weighted by molar-refractivity contribution is 0.0600. The van der Waals surface area contributed by atoms with Crippen LogP contribution >= 0.6 is 0 Å². The van der Waals surface area contributed by atoms with Gasteiger partial charge in [0.2, 0.25) is 0 Å². The third-order valence-electron chi connectivity index (χ3n) is 2.82. The molecule has 2 aromatic rings. The van der Waals surface area contributed by atoms with E-state index in [0.717, 1.165) is 10.8 Å². The van der Waals surface area contributed by atoms with Crippen LogP contribution in [0.5, 0.6) is 0 Å². The van der Waals surface area contributed by atoms with Crippen LogP contribution in [-0.2, 0) is 4.74 Å². The molecule has 0 spiro atoms. The van der Waals surface area contributed by atoms with Crippen molar-refractivity contribution in [2.75, 3.05) is 7.11 Å². The van der Waals surface area contributed by atoms with Gasteiger partial charge in [0.05, 0.1) is 25.2 Å². The molecule has 0 aliphatic carbocycles. The van der Waals surface area contributed by atoms with Gasteiger partial charge in [-0.1, -0.05) is 18.2 Å². The quantitative estimate of drug-likeness (QED) is 0.623. The van der Waals surface area contributed by atoms with Crippen LogP contribution in [0.2, 0.25) is 0 Å². The number of hydrogen-bond donors (Lipinski definition) is 0. The van der Waals surface area contributed by atoms with Gasteiger partial charge in [-0.05, 0) is 29.0 Å². The molecule has 0 saturated carbocycles. The van der Waals surface area contributed by atoms with Crippen molar-refractivity contribution in [2.45, 2.75) is 6.42 Å². The molecule has 0 fully saturated rings. The van der Waals surface area contributed by atoms with Crippen LogP contribution in [0.15, 0.2) is 36.4 Å². The summed E-state index contributed by atoms with van der Waals surface area (Å²) in [5, 5.41) is 10.2. The van der Waals surface area contributed by atoms with E-state index < -0.39 is 5.97 Å². The zero-order valence-corrected chi connectivity index (χ0v) is 10.3. The van der Waals surface area contributed by atoms with Gasteiger partial charge in [-0.3, -0.25) is 4.79 Å². The monoisotopic (exact) mass is 253 g/mol. The maximum atomic E-state index is 11.6. The van der Waals surface area contributed by atoms with Crippen LogP contribution in [0.25, 0.3) is 10.8 Å². The van der Waals surface area contributed by atoms with Crippen LogP contribution < -0.4 is 0 Å². The zero-order chi connectivity index (χ0) is 13.8. The van der Waals surface area contributed by atoms with Gasteiger partial charge in [0.1, 0.15) is 0 Å². The summed E-state index contributed by atoms with van der Waals surface area (Å²) < 4.78 is 4.65. The SMILES string of the molecule is COC(=O)c1ccc2cc(C(=O)CC#N)ccc2c1. The Morgan fingerprint density at radius 3 is 2.26 bits per heavy atom. The summed E-state index contributed by atoms with van der Waals surface area (Å²) in [7, 11) is 1.33. The maximum absolute atomic E-state index is 11.6. The summed E-state index contributed by atoms with van der Waals surface area (Å²) in [4.78, 5) is 23.0. The van der Waals surface area contributed by atoms with Crippen LogP contribution in [0, 0.1) is 11.3 Å². The first-order chi connectivity index (χ1) is 9.15. The van der Waals surface area contributed by atoms with Gasteiger partial charge >= 0.3 is 5.97 Å². The van der Waals surface area contributed by atoms with Crippen LogP contribution in [0.3, 0.4) is 0 Å². The van der Waals surface area contributed by atoms with E-state index in [2.05, 4.69) is 4.74 Å². The fourth-order valence-corrected chi connectivity index (χ4v) is 1.84. The zero-order valence-electron chi connectivity index (χ0n) is 10.3. The highest BCUT2D eigenvalue weighted by Crippen LogP contribution is 2.19. The van der Waals surface area contributed by atoms with E-state index >= 15 is 0 Å². The highest BCUT2D eigenvalue weighted by Gasteiger charge is 2.08. The van der Waals surface area contributed by atoms with E-state index in [4.69, 9.17) is 5.26 Å². The van der Waals surface area contributed by atoms with E-state index in [1.807, 2.05) is 6.07 Å². The van der Waals surface area contributed by atoms with E-state index in [1.165, 1.54) is 7.11 Å². The second-order valence-corrected chi connectivity index (χ2v) is 4.03. The molecule has 0 unspecified atom stereocenters. The number of hydrogen-bond acceptors (Lipinski definition) is 4. The summed E-state index contributed by atoms with van der Waals surface area (Å²) in [6.07, 6.45) is -0.133. The van der Waals surface area contributed by atoms with Crippen LogP contribution in [0.1, 0.15) is 27.1 Å². The molecular formula is C15H11NO3. The number of carbonyl (C=O) groups excluding carboxylic acids is 2. The first-order valence-corrected chi connectivity index (χ1v) is 5.68. The number of rotatable bonds is 3. The number of nitrogens with zero attached hydrogens (tertiary/aromatic N) is 1. The molecule has 2 aromatic carbocycles. The van der Waals surface area contributed by atoms with Crippen molar-refractivity contribution in [1.82, 2.24) is 0 Å². The molecule has 0 radical (unpaired) electrons. The highest BCUT2D eigenvalue weighted by molar-refractivity contribution is 6.02. The van der Waals surface area contributed by atoms with E-state index in [0.29, 0.717) is 11.1 Å². The van der Waals surface area contributed by atoms with Gasteiger partial charge in [-0.2, -0.15) is 5.26 Å². The molecule has 94 valence electrons. The lowest BCUT2D eigenvalue weighted by Gasteiger charge is -2.04. The number of methoxy groups -OCH3 is 1. The minimum atomic E-state index is -0.397. The Morgan fingerprint density at radius 2 is 1.68 bits per heavy atom. The lowest BCUT2D eigenvalue weighted by Crippen LogP contribution is -2.01. The van der Waals surface area contributed by atoms with Gasteiger partial charge in [-0.25, -0.2) is 4.79 Å². The summed E-state index contributed by atoms with van der Waals surface area (Å²) >= 11 is 0. The Hall–Kier alpha value is -2.67. The van der Waals surface area contributed by atoms with Gasteiger partial charge < -0.3 is 4.74 Å². The van der Waals surface area contributed by atoms with Crippen molar-refractivity contribution in [3.8, 4) is 6.07 Å². The number of Topliss-reactive ketones (excluding diaryl/α,β-unsaturated/α-hetero) is 1. The van der Waals surface area contributed by atoms with Crippen LogP contribution in [-0.4, -0.2) is 18.9 Å². The Labute approximate surface area is 110 Å². The molecule has 4 nitrogen and oxygen atoms in total. The minimum Gasteiger partial charge on any atom is -0.465 e. The first-order valence-electron chi connectivity index (χ1n) is 5.68. The molecule has 0 saturated heterocycles. The largest absolute Gasteiger partial charge is 0.465 e. The molecule has 0 heterocycles. The highest BCUT2D eigenvalue weighted by atomic mass is 16.5. The molecule has 19 heavy (non-hydrogen) atoms. The lowest BCUT2D eigenvalue weighted by atomic mass is 10.0. The van der Waals surface area contributed by atoms with Gasteiger partial charge in [0.15, 0.2) is 5.78 Å². The predicted molar refractivity (Wildman–Crippen MR) is 69.8 cm³/mol. The molecule has 0 N–H and O–H groups in total. The maximum Gasteiger partial charge on any atom is 0.337 e. The standard InChI is InChI=1S/C15H11NO3/c1-19-15(18)13-5-3-10-8-12(14(17)6-7-16)4-2-11(10)9-13/h2-5,8-9H,6H2,1H3. The minimum absolute atomic E-state index is 0.133. The number of ether oxygens (including phenoxy) is 1. The van der Waals surface area contributed by atoms with Gasteiger partial charge in [-0.15, -0.1) is 0 Å². The van der Waals surface area contributed by atoms with Crippen molar-refractivity contribution in [3.63, 3.8) is 0 Å². The second-order valence-electron chi connectivity index (χ2n) is 4.03. The fourth-order valence-electron chi connectivity index (χ4n) is 1.84. The third-order valence-corrected chi connectivity index (χ3v) is 2.82. The van der Waals surface area contributed by atoms with Gasteiger partial charge in [0, 0.05) is 5.56 Å². The smallest absolute Gasteiger partial charge is 0.337 e. The van der Waals surface area contributed by atoms with Gasteiger partial charge in [0.25, 0.3) is 0 Å². The Balaban J connectivity index is 2.44. The summed E-state index contributed by atoms with van der Waals surface area (Å²) in [5.41, 5.74) is 0.964. The van der Waals surface area contributed by atoms with Crippen molar-refractivity contribution >= 4 is 22.5 Å². The number of ketones is 1. The van der Waals surface area contributed by atoms with Crippen molar-refractivity contribution in [1.29, 1.82) is 5.26 Å². The van der Waals surface area contributed by atoms with Crippen molar-refractivity contribution < 1.29 is 14.3 Å². The topological polar surface area (TPSA) is 67.2 Å². The third kappa shape index (κ3) is 2.61. The Bertz CT molecular complexity index is 698. The number of fused-ring (bicyclic) bond motifs is 1. The second kappa shape index (κ2) is 5.32. The van der Waals surface area contributed by atoms with E-state index in [9.17, 15) is 9.59 Å². The predicted octanol–water partition coefficient (Wildman–Crippen LogP) is 2.72. The molecule has 2 rings (SSSR count). The van der Waals surface area contributed by atoms with Crippen LogP contribution in [0.4, 0.5) is 0 Å². The molecule has 0 aromatic heterocycles. The summed E-state index contributed by atoms with van der Waals surface area (Å²) in [5.74, 6) is -0.604. The Morgan fingerprint density at radius 1 is 1.11 bits per heavy atom. The van der Waals surface area contributed by atoms with Crippen molar-refractivity contribution in [3.05, 3.63) is 47.5 Å². The molecule has 0 bridgehead atoms. The number of nitriles is 1. The molecular weight excluding hydrogens is 242 g/mol. The number of benzene rings is 2. The molecule has 0 amide bonds. The summed E-state index contributed by atoms with van der Waals surface area (Å²) in [6, 6.07) is 12.1. The van der Waals surface area contributed by atoms with Crippen molar-refractivity contribution in [2.24, 2.45) is 0 Å². The van der Waals surface area contributed by atoms with E-state index in [-0.39, 0.29) is 12.2 Å². The number of carbonyl (C=O) groups is 2. The summed E-state index contributed by atoms with van der Waals surface area (Å²) in [6.45, 7) is 0. The molecule has 0 aliphatic heterocycles. The Kier molecular flexibility index (Phi) is 3.58. The average Bonchev–Trinajstić information content (AvgIpc) is 2.45. The normalized spacial score (nSPS) is 9.89. The van der Waals surface area contributed by atoms with E-state index in [1.54, 1.807) is 36.4 Å². The fraction of sp³-hybridized carbons (Fsp3) is 0.133.